The minimum Gasteiger partial charge on any atom is -0.398 e. The third-order valence-electron chi connectivity index (χ3n) is 2.40. The molecule has 0 saturated heterocycles. The molecule has 0 aromatic heterocycles. The maximum Gasteiger partial charge on any atom is 0.248 e. The van der Waals surface area contributed by atoms with Gasteiger partial charge in [0.2, 0.25) is 15.9 Å². The molecular weight excluding hydrogens is 258 g/mol. The van der Waals surface area contributed by atoms with Crippen LogP contribution in [0.15, 0.2) is 23.1 Å². The Morgan fingerprint density at radius 2 is 2.06 bits per heavy atom. The van der Waals surface area contributed by atoms with Crippen molar-refractivity contribution in [3.8, 4) is 0 Å². The molecule has 0 aliphatic carbocycles. The monoisotopic (exact) mass is 273 g/mol. The fourth-order valence-corrected chi connectivity index (χ4v) is 2.62. The molecule has 0 bridgehead atoms. The quantitative estimate of drug-likeness (QED) is 0.592. The zero-order chi connectivity index (χ0) is 13.9. The number of rotatable bonds is 5. The van der Waals surface area contributed by atoms with Crippen LogP contribution in [0.5, 0.6) is 0 Å². The molecule has 7 nitrogen and oxygen atoms in total. The lowest BCUT2D eigenvalue weighted by atomic mass is 10.2. The second-order valence-corrected chi connectivity index (χ2v) is 5.68. The van der Waals surface area contributed by atoms with Crippen molar-refractivity contribution in [3.63, 3.8) is 0 Å². The number of hydrogen-bond donors (Lipinski definition) is 3. The zero-order valence-electron chi connectivity index (χ0n) is 9.83. The van der Waals surface area contributed by atoms with E-state index in [-0.39, 0.29) is 29.3 Å². The Kier molecular flexibility index (Phi) is 4.28. The lowest BCUT2D eigenvalue weighted by molar-refractivity contribution is 0.1000. The van der Waals surface area contributed by atoms with Crippen LogP contribution in [0.2, 0.25) is 0 Å². The Morgan fingerprint density at radius 1 is 1.44 bits per heavy atom. The normalized spacial score (nSPS) is 11.7. The molecule has 1 aromatic carbocycles. The number of carbonyl (C=O) groups is 1. The Labute approximate surface area is 105 Å². The van der Waals surface area contributed by atoms with Crippen molar-refractivity contribution in [3.05, 3.63) is 23.8 Å². The lowest BCUT2D eigenvalue weighted by Gasteiger charge is -2.17. The molecule has 0 saturated carbocycles. The summed E-state index contributed by atoms with van der Waals surface area (Å²) in [5.74, 6) is -0.686. The minimum absolute atomic E-state index is 0.0423. The fourth-order valence-electron chi connectivity index (χ4n) is 1.37. The number of benzene rings is 1. The summed E-state index contributed by atoms with van der Waals surface area (Å²) in [6, 6.07) is 3.72. The molecule has 18 heavy (non-hydrogen) atoms. The van der Waals surface area contributed by atoms with Crippen LogP contribution in [0.3, 0.4) is 0 Å². The van der Waals surface area contributed by atoms with Gasteiger partial charge < -0.3 is 16.6 Å². The average molecular weight is 273 g/mol. The van der Waals surface area contributed by atoms with Crippen LogP contribution in [0.25, 0.3) is 0 Å². The fraction of sp³-hybridized carbons (Fsp3) is 0.300. The third-order valence-corrected chi connectivity index (χ3v) is 4.33. The molecule has 0 aliphatic heterocycles. The van der Waals surface area contributed by atoms with Gasteiger partial charge in [-0.3, -0.25) is 4.79 Å². The number of aliphatic hydroxyl groups excluding tert-OH is 1. The van der Waals surface area contributed by atoms with Crippen molar-refractivity contribution in [2.75, 3.05) is 25.9 Å². The first-order chi connectivity index (χ1) is 8.30. The highest BCUT2D eigenvalue weighted by molar-refractivity contribution is 7.89. The maximum absolute atomic E-state index is 12.0. The summed E-state index contributed by atoms with van der Waals surface area (Å²) in [7, 11) is -2.45. The number of carbonyl (C=O) groups excluding carboxylic acids is 1. The number of nitrogens with two attached hydrogens (primary N) is 2. The van der Waals surface area contributed by atoms with E-state index in [9.17, 15) is 13.2 Å². The number of amides is 1. The second kappa shape index (κ2) is 5.34. The lowest BCUT2D eigenvalue weighted by Crippen LogP contribution is -2.30. The first-order valence-electron chi connectivity index (χ1n) is 5.07. The number of hydrogen-bond acceptors (Lipinski definition) is 5. The van der Waals surface area contributed by atoms with Crippen LogP contribution in [-0.2, 0) is 10.0 Å². The van der Waals surface area contributed by atoms with Gasteiger partial charge in [0.15, 0.2) is 0 Å². The van der Waals surface area contributed by atoms with E-state index in [4.69, 9.17) is 16.6 Å². The molecule has 5 N–H and O–H groups in total. The molecule has 1 amide bonds. The van der Waals surface area contributed by atoms with Crippen LogP contribution in [0.1, 0.15) is 10.4 Å². The first kappa shape index (κ1) is 14.4. The number of nitrogens with zero attached hydrogens (tertiary/aromatic N) is 1. The smallest absolute Gasteiger partial charge is 0.248 e. The van der Waals surface area contributed by atoms with E-state index in [1.165, 1.54) is 25.2 Å². The van der Waals surface area contributed by atoms with Crippen molar-refractivity contribution in [2.24, 2.45) is 5.73 Å². The predicted molar refractivity (Wildman–Crippen MR) is 66.3 cm³/mol. The number of likely N-dealkylation sites (N-methyl/N-ethyl adjacent to an activating group) is 1. The largest absolute Gasteiger partial charge is 0.398 e. The van der Waals surface area contributed by atoms with Gasteiger partial charge in [0, 0.05) is 19.2 Å². The summed E-state index contributed by atoms with van der Waals surface area (Å²) in [6.45, 7) is -0.339. The van der Waals surface area contributed by atoms with E-state index >= 15 is 0 Å². The Morgan fingerprint density at radius 3 is 2.50 bits per heavy atom. The molecule has 1 aromatic rings. The summed E-state index contributed by atoms with van der Waals surface area (Å²) >= 11 is 0. The Hall–Kier alpha value is -1.64. The molecule has 0 spiro atoms. The molecule has 0 fully saturated rings. The zero-order valence-corrected chi connectivity index (χ0v) is 10.6. The van der Waals surface area contributed by atoms with E-state index in [0.29, 0.717) is 0 Å². The summed E-state index contributed by atoms with van der Waals surface area (Å²) in [4.78, 5) is 10.8. The van der Waals surface area contributed by atoms with Crippen LogP contribution < -0.4 is 11.5 Å². The number of sulfonamides is 1. The molecule has 0 aliphatic rings. The maximum atomic E-state index is 12.0. The predicted octanol–water partition coefficient (Wildman–Crippen LogP) is -1.02. The van der Waals surface area contributed by atoms with E-state index < -0.39 is 15.9 Å². The van der Waals surface area contributed by atoms with Gasteiger partial charge in [0.1, 0.15) is 4.90 Å². The van der Waals surface area contributed by atoms with Crippen molar-refractivity contribution >= 4 is 21.6 Å². The average Bonchev–Trinajstić information content (AvgIpc) is 2.28. The van der Waals surface area contributed by atoms with E-state index in [0.717, 1.165) is 4.31 Å². The first-order valence-corrected chi connectivity index (χ1v) is 6.51. The van der Waals surface area contributed by atoms with Gasteiger partial charge in [0.25, 0.3) is 0 Å². The van der Waals surface area contributed by atoms with Gasteiger partial charge in [0.05, 0.1) is 12.3 Å². The molecule has 100 valence electrons. The molecule has 0 heterocycles. The van der Waals surface area contributed by atoms with Crippen LogP contribution in [0, 0.1) is 0 Å². The highest BCUT2D eigenvalue weighted by Crippen LogP contribution is 2.22. The molecule has 1 rings (SSSR count). The van der Waals surface area contributed by atoms with E-state index in [1.54, 1.807) is 0 Å². The van der Waals surface area contributed by atoms with Crippen LogP contribution >= 0.6 is 0 Å². The van der Waals surface area contributed by atoms with Crippen molar-refractivity contribution in [1.82, 2.24) is 4.31 Å². The topological polar surface area (TPSA) is 127 Å². The van der Waals surface area contributed by atoms with Gasteiger partial charge in [-0.05, 0) is 18.2 Å². The number of aliphatic hydroxyl groups is 1. The molecule has 8 heteroatoms. The SMILES string of the molecule is CN(CCO)S(=O)(=O)c1ccc(C(N)=O)cc1N. The Balaban J connectivity index is 3.22. The van der Waals surface area contributed by atoms with E-state index in [2.05, 4.69) is 0 Å². The summed E-state index contributed by atoms with van der Waals surface area (Å²) in [6.07, 6.45) is 0. The van der Waals surface area contributed by atoms with Gasteiger partial charge in [-0.1, -0.05) is 0 Å². The number of anilines is 1. The summed E-state index contributed by atoms with van der Waals surface area (Å²) in [5, 5.41) is 8.73. The third kappa shape index (κ3) is 2.78. The second-order valence-electron chi connectivity index (χ2n) is 3.67. The standard InChI is InChI=1S/C10H15N3O4S/c1-13(4-5-14)18(16,17)9-3-2-7(10(12)15)6-8(9)11/h2-3,6,14H,4-5,11H2,1H3,(H2,12,15). The van der Waals surface area contributed by atoms with Gasteiger partial charge >= 0.3 is 0 Å². The number of primary amides is 1. The summed E-state index contributed by atoms with van der Waals surface area (Å²) < 4.78 is 25.1. The van der Waals surface area contributed by atoms with Gasteiger partial charge in [-0.15, -0.1) is 0 Å². The van der Waals surface area contributed by atoms with Crippen molar-refractivity contribution in [1.29, 1.82) is 0 Å². The minimum atomic E-state index is -3.78. The van der Waals surface area contributed by atoms with Crippen molar-refractivity contribution < 1.29 is 18.3 Å². The molecule has 0 unspecified atom stereocenters. The summed E-state index contributed by atoms with van der Waals surface area (Å²) in [5.41, 5.74) is 10.7. The van der Waals surface area contributed by atoms with Crippen LogP contribution in [0.4, 0.5) is 5.69 Å². The van der Waals surface area contributed by atoms with E-state index in [1.807, 2.05) is 0 Å². The molecule has 0 radical (unpaired) electrons. The van der Waals surface area contributed by atoms with Gasteiger partial charge in [-0.25, -0.2) is 8.42 Å². The molecular formula is C10H15N3O4S. The highest BCUT2D eigenvalue weighted by Gasteiger charge is 2.23. The Bertz CT molecular complexity index is 556. The van der Waals surface area contributed by atoms with Crippen LogP contribution in [-0.4, -0.2) is 43.9 Å². The molecule has 0 atom stereocenters. The number of nitrogen functional groups attached to an aromatic ring is 1. The van der Waals surface area contributed by atoms with Gasteiger partial charge in [-0.2, -0.15) is 4.31 Å². The highest BCUT2D eigenvalue weighted by atomic mass is 32.2. The van der Waals surface area contributed by atoms with Crippen molar-refractivity contribution in [2.45, 2.75) is 4.90 Å².